The monoisotopic (exact) mass is 304 g/mol. The first-order valence-electron chi connectivity index (χ1n) is 8.26. The molecular formula is C22H24O. The van der Waals surface area contributed by atoms with Gasteiger partial charge in [-0.1, -0.05) is 85.9 Å². The Balaban J connectivity index is 1.83. The number of hydrogen-bond acceptors (Lipinski definition) is 1. The Morgan fingerprint density at radius 1 is 1.00 bits per heavy atom. The Hall–Kier alpha value is -2.30. The van der Waals surface area contributed by atoms with Gasteiger partial charge in [-0.25, -0.2) is 0 Å². The first-order valence-corrected chi connectivity index (χ1v) is 8.26. The third-order valence-corrected chi connectivity index (χ3v) is 3.48. The second-order valence-electron chi connectivity index (χ2n) is 5.39. The van der Waals surface area contributed by atoms with Gasteiger partial charge in [0.1, 0.15) is 0 Å². The molecule has 0 aliphatic heterocycles. The smallest absolute Gasteiger partial charge is 0.0733 e. The highest BCUT2D eigenvalue weighted by atomic mass is 16.5. The zero-order valence-corrected chi connectivity index (χ0v) is 13.8. The van der Waals surface area contributed by atoms with E-state index in [2.05, 4.69) is 49.1 Å². The average molecular weight is 304 g/mol. The molecule has 0 saturated heterocycles. The fraction of sp³-hybridized carbons (Fsp3) is 0.273. The van der Waals surface area contributed by atoms with Gasteiger partial charge < -0.3 is 4.74 Å². The van der Waals surface area contributed by atoms with Crippen LogP contribution in [0.25, 0.3) is 6.08 Å². The maximum Gasteiger partial charge on any atom is 0.0733 e. The van der Waals surface area contributed by atoms with Crippen molar-refractivity contribution in [2.75, 3.05) is 6.61 Å². The normalized spacial score (nSPS) is 10.5. The highest BCUT2D eigenvalue weighted by Gasteiger charge is 1.98. The molecule has 0 aliphatic rings. The van der Waals surface area contributed by atoms with E-state index in [1.54, 1.807) is 0 Å². The highest BCUT2D eigenvalue weighted by Crippen LogP contribution is 2.09. The van der Waals surface area contributed by atoms with Crippen LogP contribution in [0.4, 0.5) is 0 Å². The molecule has 0 unspecified atom stereocenters. The maximum absolute atomic E-state index is 5.75. The SMILES string of the molecule is CCCCC#Cc1ccccc1COC/C=C/c1ccccc1. The molecule has 2 aromatic rings. The van der Waals surface area contributed by atoms with Crippen molar-refractivity contribution >= 4 is 6.08 Å². The Bertz CT molecular complexity index is 659. The Morgan fingerprint density at radius 3 is 2.61 bits per heavy atom. The van der Waals surface area contributed by atoms with E-state index in [-0.39, 0.29) is 0 Å². The zero-order chi connectivity index (χ0) is 16.2. The van der Waals surface area contributed by atoms with Crippen molar-refractivity contribution in [3.63, 3.8) is 0 Å². The van der Waals surface area contributed by atoms with Gasteiger partial charge in [0.05, 0.1) is 13.2 Å². The molecule has 0 fully saturated rings. The summed E-state index contributed by atoms with van der Waals surface area (Å²) in [7, 11) is 0. The van der Waals surface area contributed by atoms with Gasteiger partial charge in [0.25, 0.3) is 0 Å². The molecule has 0 atom stereocenters. The predicted molar refractivity (Wildman–Crippen MR) is 98.0 cm³/mol. The van der Waals surface area contributed by atoms with Crippen LogP contribution in [0.5, 0.6) is 0 Å². The van der Waals surface area contributed by atoms with Crippen LogP contribution in [0.2, 0.25) is 0 Å². The van der Waals surface area contributed by atoms with Crippen molar-refractivity contribution in [1.29, 1.82) is 0 Å². The molecule has 23 heavy (non-hydrogen) atoms. The number of benzene rings is 2. The maximum atomic E-state index is 5.75. The summed E-state index contributed by atoms with van der Waals surface area (Å²) in [4.78, 5) is 0. The van der Waals surface area contributed by atoms with Gasteiger partial charge in [-0.2, -0.15) is 0 Å². The van der Waals surface area contributed by atoms with Gasteiger partial charge in [0.15, 0.2) is 0 Å². The summed E-state index contributed by atoms with van der Waals surface area (Å²) < 4.78 is 5.75. The van der Waals surface area contributed by atoms with Crippen LogP contribution in [-0.4, -0.2) is 6.61 Å². The molecule has 0 radical (unpaired) electrons. The van der Waals surface area contributed by atoms with E-state index < -0.39 is 0 Å². The molecule has 0 spiro atoms. The lowest BCUT2D eigenvalue weighted by Crippen LogP contribution is -1.95. The highest BCUT2D eigenvalue weighted by molar-refractivity contribution is 5.48. The average Bonchev–Trinajstić information content (AvgIpc) is 2.60. The van der Waals surface area contributed by atoms with Crippen molar-refractivity contribution in [3.8, 4) is 11.8 Å². The third kappa shape index (κ3) is 6.55. The molecule has 0 heterocycles. The quantitative estimate of drug-likeness (QED) is 0.487. The standard InChI is InChI=1S/C22H24O/c1-2-3-4-8-15-21-16-9-10-17-22(21)19-23-18-11-14-20-12-6-5-7-13-20/h5-7,9-14,16-17H,2-4,18-19H2,1H3/b14-11+. The molecule has 0 aliphatic carbocycles. The van der Waals surface area contributed by atoms with Crippen LogP contribution in [0.3, 0.4) is 0 Å². The lowest BCUT2D eigenvalue weighted by Gasteiger charge is -2.04. The van der Waals surface area contributed by atoms with Gasteiger partial charge in [0, 0.05) is 12.0 Å². The van der Waals surface area contributed by atoms with Crippen molar-refractivity contribution in [2.45, 2.75) is 32.8 Å². The van der Waals surface area contributed by atoms with Crippen LogP contribution in [0.15, 0.2) is 60.7 Å². The van der Waals surface area contributed by atoms with E-state index in [9.17, 15) is 0 Å². The molecule has 0 amide bonds. The Kier molecular flexibility index (Phi) is 7.74. The number of ether oxygens (including phenoxy) is 1. The number of hydrogen-bond donors (Lipinski definition) is 0. The second kappa shape index (κ2) is 10.4. The molecule has 0 bridgehead atoms. The minimum atomic E-state index is 0.595. The summed E-state index contributed by atoms with van der Waals surface area (Å²) in [5, 5.41) is 0. The van der Waals surface area contributed by atoms with E-state index in [4.69, 9.17) is 4.74 Å². The lowest BCUT2D eigenvalue weighted by molar-refractivity contribution is 0.149. The lowest BCUT2D eigenvalue weighted by atomic mass is 10.1. The molecule has 1 heteroatoms. The first-order chi connectivity index (χ1) is 11.4. The molecule has 2 aromatic carbocycles. The van der Waals surface area contributed by atoms with Gasteiger partial charge in [-0.15, -0.1) is 0 Å². The van der Waals surface area contributed by atoms with Crippen molar-refractivity contribution in [1.82, 2.24) is 0 Å². The Morgan fingerprint density at radius 2 is 1.78 bits per heavy atom. The van der Waals surface area contributed by atoms with Crippen molar-refractivity contribution in [2.24, 2.45) is 0 Å². The van der Waals surface area contributed by atoms with Crippen LogP contribution >= 0.6 is 0 Å². The van der Waals surface area contributed by atoms with Crippen LogP contribution < -0.4 is 0 Å². The van der Waals surface area contributed by atoms with E-state index >= 15 is 0 Å². The number of rotatable bonds is 7. The summed E-state index contributed by atoms with van der Waals surface area (Å²) in [5.41, 5.74) is 3.43. The van der Waals surface area contributed by atoms with E-state index in [0.29, 0.717) is 13.2 Å². The summed E-state index contributed by atoms with van der Waals surface area (Å²) >= 11 is 0. The zero-order valence-electron chi connectivity index (χ0n) is 13.8. The fourth-order valence-corrected chi connectivity index (χ4v) is 2.18. The summed E-state index contributed by atoms with van der Waals surface area (Å²) in [5.74, 6) is 6.51. The Labute approximate surface area is 140 Å². The number of unbranched alkanes of at least 4 members (excludes halogenated alkanes) is 2. The molecule has 118 valence electrons. The van der Waals surface area contributed by atoms with E-state index in [1.165, 1.54) is 12.0 Å². The van der Waals surface area contributed by atoms with Gasteiger partial charge >= 0.3 is 0 Å². The molecule has 1 nitrogen and oxygen atoms in total. The molecular weight excluding hydrogens is 280 g/mol. The molecule has 0 N–H and O–H groups in total. The van der Waals surface area contributed by atoms with E-state index in [1.807, 2.05) is 36.4 Å². The second-order valence-corrected chi connectivity index (χ2v) is 5.39. The minimum Gasteiger partial charge on any atom is -0.373 e. The van der Waals surface area contributed by atoms with Gasteiger partial charge in [-0.05, 0) is 23.6 Å². The van der Waals surface area contributed by atoms with Crippen molar-refractivity contribution < 1.29 is 4.74 Å². The van der Waals surface area contributed by atoms with Gasteiger partial charge in [0.2, 0.25) is 0 Å². The summed E-state index contributed by atoms with van der Waals surface area (Å²) in [6.07, 6.45) is 7.44. The largest absolute Gasteiger partial charge is 0.373 e. The fourth-order valence-electron chi connectivity index (χ4n) is 2.18. The molecule has 0 saturated carbocycles. The van der Waals surface area contributed by atoms with Gasteiger partial charge in [-0.3, -0.25) is 0 Å². The molecule has 0 aromatic heterocycles. The summed E-state index contributed by atoms with van der Waals surface area (Å²) in [6.45, 7) is 3.39. The van der Waals surface area contributed by atoms with Crippen molar-refractivity contribution in [3.05, 3.63) is 77.4 Å². The predicted octanol–water partition coefficient (Wildman–Crippen LogP) is 5.46. The van der Waals surface area contributed by atoms with E-state index in [0.717, 1.165) is 24.0 Å². The third-order valence-electron chi connectivity index (χ3n) is 3.48. The minimum absolute atomic E-state index is 0.595. The summed E-state index contributed by atoms with van der Waals surface area (Å²) in [6, 6.07) is 18.5. The van der Waals surface area contributed by atoms with Crippen LogP contribution in [0.1, 0.15) is 42.9 Å². The topological polar surface area (TPSA) is 9.23 Å². The first kappa shape index (κ1) is 17.1. The van der Waals surface area contributed by atoms with Crippen LogP contribution in [0, 0.1) is 11.8 Å². The van der Waals surface area contributed by atoms with Crippen LogP contribution in [-0.2, 0) is 11.3 Å². The molecule has 2 rings (SSSR count).